The van der Waals surface area contributed by atoms with Gasteiger partial charge in [0.05, 0.1) is 17.4 Å². The summed E-state index contributed by atoms with van der Waals surface area (Å²) in [5, 5.41) is 3.44. The lowest BCUT2D eigenvalue weighted by molar-refractivity contribution is 0.330. The molecule has 3 nitrogen and oxygen atoms in total. The van der Waals surface area contributed by atoms with Crippen molar-refractivity contribution < 1.29 is 0 Å². The molecule has 0 saturated carbocycles. The van der Waals surface area contributed by atoms with E-state index in [1.165, 1.54) is 37.0 Å². The van der Waals surface area contributed by atoms with Gasteiger partial charge >= 0.3 is 0 Å². The number of benzene rings is 1. The average Bonchev–Trinajstić information content (AvgIpc) is 2.80. The molecule has 1 unspecified atom stereocenters. The smallest absolute Gasteiger partial charge is 0.0955 e. The van der Waals surface area contributed by atoms with Gasteiger partial charge in [-0.2, -0.15) is 0 Å². The van der Waals surface area contributed by atoms with Crippen LogP contribution in [0.5, 0.6) is 0 Å². The van der Waals surface area contributed by atoms with Crippen molar-refractivity contribution >= 4 is 11.0 Å². The van der Waals surface area contributed by atoms with Crippen molar-refractivity contribution in [1.29, 1.82) is 0 Å². The molecular weight excluding hydrogens is 222 g/mol. The third-order valence-electron chi connectivity index (χ3n) is 4.37. The van der Waals surface area contributed by atoms with Crippen molar-refractivity contribution in [2.45, 2.75) is 25.7 Å². The van der Waals surface area contributed by atoms with E-state index in [0.717, 1.165) is 11.4 Å². The minimum absolute atomic E-state index is 0.638. The van der Waals surface area contributed by atoms with Crippen LogP contribution < -0.4 is 5.32 Å². The normalized spacial score (nSPS) is 19.2. The van der Waals surface area contributed by atoms with E-state index in [1.807, 2.05) is 13.4 Å². The maximum atomic E-state index is 4.46. The summed E-state index contributed by atoms with van der Waals surface area (Å²) >= 11 is 0. The second-order valence-electron chi connectivity index (χ2n) is 5.48. The minimum Gasteiger partial charge on any atom is -0.334 e. The Bertz CT molecular complexity index is 538. The van der Waals surface area contributed by atoms with Crippen LogP contribution in [0, 0.1) is 5.92 Å². The van der Waals surface area contributed by atoms with Gasteiger partial charge in [-0.05, 0) is 55.5 Å². The number of aromatic nitrogens is 2. The number of hydrogen-bond donors (Lipinski definition) is 1. The van der Waals surface area contributed by atoms with E-state index < -0.39 is 0 Å². The first-order valence-electron chi connectivity index (χ1n) is 6.87. The van der Waals surface area contributed by atoms with Gasteiger partial charge in [0.1, 0.15) is 0 Å². The molecule has 1 aromatic carbocycles. The second-order valence-corrected chi connectivity index (χ2v) is 5.48. The van der Waals surface area contributed by atoms with Gasteiger partial charge in [-0.15, -0.1) is 0 Å². The molecule has 0 radical (unpaired) electrons. The van der Waals surface area contributed by atoms with Crippen molar-refractivity contribution in [3.05, 3.63) is 30.1 Å². The Balaban J connectivity index is 1.88. The lowest BCUT2D eigenvalue weighted by atomic mass is 9.82. The number of aryl methyl sites for hydroxylation is 1. The summed E-state index contributed by atoms with van der Waals surface area (Å²) in [6.45, 7) is 4.70. The highest BCUT2D eigenvalue weighted by Crippen LogP contribution is 2.31. The first-order valence-corrected chi connectivity index (χ1v) is 6.87. The van der Waals surface area contributed by atoms with E-state index in [9.17, 15) is 0 Å². The summed E-state index contributed by atoms with van der Waals surface area (Å²) in [6, 6.07) is 6.74. The monoisotopic (exact) mass is 243 g/mol. The predicted octanol–water partition coefficient (Wildman–Crippen LogP) is 2.68. The van der Waals surface area contributed by atoms with Crippen LogP contribution in [0.2, 0.25) is 0 Å². The molecule has 0 spiro atoms. The van der Waals surface area contributed by atoms with Gasteiger partial charge in [-0.3, -0.25) is 0 Å². The molecule has 1 fully saturated rings. The van der Waals surface area contributed by atoms with Crippen LogP contribution in [0.15, 0.2) is 24.5 Å². The Morgan fingerprint density at radius 2 is 2.11 bits per heavy atom. The number of imidazole rings is 1. The zero-order valence-corrected chi connectivity index (χ0v) is 11.2. The lowest BCUT2D eigenvalue weighted by Gasteiger charge is -2.28. The van der Waals surface area contributed by atoms with E-state index in [4.69, 9.17) is 0 Å². The summed E-state index contributed by atoms with van der Waals surface area (Å²) in [4.78, 5) is 4.46. The fourth-order valence-corrected chi connectivity index (χ4v) is 3.05. The predicted molar refractivity (Wildman–Crippen MR) is 74.7 cm³/mol. The van der Waals surface area contributed by atoms with Gasteiger partial charge in [0, 0.05) is 7.05 Å². The third kappa shape index (κ3) is 2.03. The maximum Gasteiger partial charge on any atom is 0.0955 e. The fraction of sp³-hybridized carbons (Fsp3) is 0.533. The van der Waals surface area contributed by atoms with Gasteiger partial charge in [-0.25, -0.2) is 4.98 Å². The highest BCUT2D eigenvalue weighted by atomic mass is 15.0. The number of fused-ring (bicyclic) bond motifs is 1. The molecule has 1 saturated heterocycles. The molecule has 0 aliphatic carbocycles. The molecule has 3 heteroatoms. The topological polar surface area (TPSA) is 29.9 Å². The van der Waals surface area contributed by atoms with Crippen molar-refractivity contribution in [2.75, 3.05) is 13.1 Å². The zero-order chi connectivity index (χ0) is 12.5. The standard InChI is InChI=1S/C15H21N3/c1-11(12-5-7-16-8-6-12)13-3-4-15-14(9-13)17-10-18(15)2/h3-4,9-12,16H,5-8H2,1-2H3. The average molecular weight is 243 g/mol. The fourth-order valence-electron chi connectivity index (χ4n) is 3.05. The van der Waals surface area contributed by atoms with E-state index >= 15 is 0 Å². The van der Waals surface area contributed by atoms with Crippen LogP contribution >= 0.6 is 0 Å². The molecule has 0 bridgehead atoms. The number of hydrogen-bond acceptors (Lipinski definition) is 2. The summed E-state index contributed by atoms with van der Waals surface area (Å²) in [5.74, 6) is 1.45. The molecule has 1 N–H and O–H groups in total. The molecule has 2 heterocycles. The Morgan fingerprint density at radius 1 is 1.33 bits per heavy atom. The number of piperidine rings is 1. The SMILES string of the molecule is CC(c1ccc2c(c1)ncn2C)C1CCNCC1. The van der Waals surface area contributed by atoms with E-state index in [1.54, 1.807) is 0 Å². The van der Waals surface area contributed by atoms with Crippen molar-refractivity contribution in [3.8, 4) is 0 Å². The number of nitrogens with zero attached hydrogens (tertiary/aromatic N) is 2. The maximum absolute atomic E-state index is 4.46. The first-order chi connectivity index (χ1) is 8.75. The van der Waals surface area contributed by atoms with Crippen molar-refractivity contribution in [2.24, 2.45) is 13.0 Å². The van der Waals surface area contributed by atoms with E-state index in [-0.39, 0.29) is 0 Å². The van der Waals surface area contributed by atoms with Crippen LogP contribution in [0.3, 0.4) is 0 Å². The van der Waals surface area contributed by atoms with Crippen LogP contribution in [-0.2, 0) is 7.05 Å². The molecule has 1 atom stereocenters. The molecule has 1 aliphatic heterocycles. The Kier molecular flexibility index (Phi) is 3.08. The summed E-state index contributed by atoms with van der Waals surface area (Å²) in [7, 11) is 2.05. The Hall–Kier alpha value is -1.35. The van der Waals surface area contributed by atoms with Crippen LogP contribution in [-0.4, -0.2) is 22.6 Å². The zero-order valence-electron chi connectivity index (χ0n) is 11.2. The summed E-state index contributed by atoms with van der Waals surface area (Å²) < 4.78 is 2.08. The second kappa shape index (κ2) is 4.73. The van der Waals surface area contributed by atoms with Crippen molar-refractivity contribution in [3.63, 3.8) is 0 Å². The molecule has 96 valence electrons. The number of rotatable bonds is 2. The van der Waals surface area contributed by atoms with E-state index in [0.29, 0.717) is 5.92 Å². The van der Waals surface area contributed by atoms with Crippen LogP contribution in [0.25, 0.3) is 11.0 Å². The van der Waals surface area contributed by atoms with Gasteiger partial charge in [0.25, 0.3) is 0 Å². The Morgan fingerprint density at radius 3 is 2.89 bits per heavy atom. The molecule has 1 aromatic heterocycles. The largest absolute Gasteiger partial charge is 0.334 e. The van der Waals surface area contributed by atoms with Gasteiger partial charge in [-0.1, -0.05) is 13.0 Å². The summed E-state index contributed by atoms with van der Waals surface area (Å²) in [6.07, 6.45) is 4.48. The minimum atomic E-state index is 0.638. The molecule has 18 heavy (non-hydrogen) atoms. The molecule has 0 amide bonds. The third-order valence-corrected chi connectivity index (χ3v) is 4.37. The molecule has 3 rings (SSSR count). The highest BCUT2D eigenvalue weighted by Gasteiger charge is 2.21. The van der Waals surface area contributed by atoms with Gasteiger partial charge in [0.15, 0.2) is 0 Å². The molecule has 1 aliphatic rings. The molecule has 2 aromatic rings. The highest BCUT2D eigenvalue weighted by molar-refractivity contribution is 5.76. The number of nitrogens with one attached hydrogen (secondary N) is 1. The van der Waals surface area contributed by atoms with Crippen molar-refractivity contribution in [1.82, 2.24) is 14.9 Å². The van der Waals surface area contributed by atoms with Gasteiger partial charge < -0.3 is 9.88 Å². The van der Waals surface area contributed by atoms with Gasteiger partial charge in [0.2, 0.25) is 0 Å². The van der Waals surface area contributed by atoms with Crippen LogP contribution in [0.1, 0.15) is 31.2 Å². The summed E-state index contributed by atoms with van der Waals surface area (Å²) in [5.41, 5.74) is 3.78. The van der Waals surface area contributed by atoms with E-state index in [2.05, 4.69) is 40.0 Å². The molecular formula is C15H21N3. The lowest BCUT2D eigenvalue weighted by Crippen LogP contribution is -2.30. The van der Waals surface area contributed by atoms with Crippen LogP contribution in [0.4, 0.5) is 0 Å². The quantitative estimate of drug-likeness (QED) is 0.879. The first kappa shape index (κ1) is 11.7. The Labute approximate surface area is 108 Å².